The topological polar surface area (TPSA) is 86.2 Å². The van der Waals surface area contributed by atoms with E-state index in [0.29, 0.717) is 29.9 Å². The summed E-state index contributed by atoms with van der Waals surface area (Å²) in [5.41, 5.74) is 2.46. The summed E-state index contributed by atoms with van der Waals surface area (Å²) in [5.74, 6) is 0.764. The van der Waals surface area contributed by atoms with Crippen LogP contribution in [0.1, 0.15) is 38.5 Å². The number of hydrogen-bond acceptors (Lipinski definition) is 5. The van der Waals surface area contributed by atoms with Crippen LogP contribution < -0.4 is 5.69 Å². The fourth-order valence-corrected chi connectivity index (χ4v) is 4.38. The molecule has 2 aromatic carbocycles. The molecule has 0 bridgehead atoms. The molecule has 0 N–H and O–H groups in total. The number of para-hydroxylation sites is 2. The Kier molecular flexibility index (Phi) is 6.24. The first-order chi connectivity index (χ1) is 16.5. The van der Waals surface area contributed by atoms with Crippen LogP contribution in [0.2, 0.25) is 5.02 Å². The molecule has 1 aliphatic carbocycles. The molecule has 1 fully saturated rings. The van der Waals surface area contributed by atoms with Crippen molar-refractivity contribution in [2.75, 3.05) is 0 Å². The zero-order valence-electron chi connectivity index (χ0n) is 19.0. The molecule has 8 nitrogen and oxygen atoms in total. The molecule has 4 aromatic rings. The van der Waals surface area contributed by atoms with Crippen LogP contribution in [0, 0.1) is 0 Å². The number of benzene rings is 2. The minimum absolute atomic E-state index is 0.0204. The Morgan fingerprint density at radius 1 is 1.06 bits per heavy atom. The Bertz CT molecular complexity index is 1370. The normalized spacial score (nSPS) is 13.5. The zero-order chi connectivity index (χ0) is 23.7. The number of hydrogen-bond donors (Lipinski definition) is 0. The molecule has 9 heteroatoms. The van der Waals surface area contributed by atoms with Crippen LogP contribution in [-0.4, -0.2) is 36.2 Å². The van der Waals surface area contributed by atoms with Gasteiger partial charge in [-0.1, -0.05) is 30.7 Å². The van der Waals surface area contributed by atoms with E-state index in [2.05, 4.69) is 10.2 Å². The number of nitrogens with zero attached hydrogens (tertiary/aromatic N) is 5. The van der Waals surface area contributed by atoms with E-state index >= 15 is 0 Å². The zero-order valence-corrected chi connectivity index (χ0v) is 19.7. The molecule has 34 heavy (non-hydrogen) atoms. The van der Waals surface area contributed by atoms with E-state index in [1.54, 1.807) is 26.2 Å². The Labute approximate surface area is 201 Å². The van der Waals surface area contributed by atoms with Gasteiger partial charge in [0.1, 0.15) is 0 Å². The van der Waals surface area contributed by atoms with Crippen molar-refractivity contribution in [3.8, 4) is 11.5 Å². The van der Waals surface area contributed by atoms with Gasteiger partial charge >= 0.3 is 5.69 Å². The third-order valence-electron chi connectivity index (χ3n) is 6.09. The summed E-state index contributed by atoms with van der Waals surface area (Å²) >= 11 is 5.95. The van der Waals surface area contributed by atoms with Crippen molar-refractivity contribution in [2.24, 2.45) is 0 Å². The van der Waals surface area contributed by atoms with E-state index in [4.69, 9.17) is 16.0 Å². The van der Waals surface area contributed by atoms with Crippen molar-refractivity contribution in [3.05, 3.63) is 69.9 Å². The molecule has 176 valence electrons. The van der Waals surface area contributed by atoms with Gasteiger partial charge < -0.3 is 9.32 Å². The van der Waals surface area contributed by atoms with Gasteiger partial charge in [0.25, 0.3) is 0 Å². The number of aromatic nitrogens is 4. The van der Waals surface area contributed by atoms with Crippen molar-refractivity contribution in [3.63, 3.8) is 0 Å². The Morgan fingerprint density at radius 2 is 1.74 bits per heavy atom. The molecule has 5 rings (SSSR count). The lowest BCUT2D eigenvalue weighted by Gasteiger charge is -2.20. The average Bonchev–Trinajstić information content (AvgIpc) is 3.52. The summed E-state index contributed by atoms with van der Waals surface area (Å²) in [5, 5.41) is 8.89. The smallest absolute Gasteiger partial charge is 0.329 e. The number of imidazole rings is 1. The van der Waals surface area contributed by atoms with Crippen LogP contribution in [0.25, 0.3) is 22.5 Å². The fourth-order valence-electron chi connectivity index (χ4n) is 4.26. The maximum Gasteiger partial charge on any atom is 0.329 e. The second-order valence-electron chi connectivity index (χ2n) is 8.59. The molecule has 0 saturated heterocycles. The number of amides is 1. The molecule has 0 aliphatic heterocycles. The van der Waals surface area contributed by atoms with E-state index < -0.39 is 0 Å². The van der Waals surface area contributed by atoms with E-state index in [9.17, 15) is 9.59 Å². The lowest BCUT2D eigenvalue weighted by molar-refractivity contribution is -0.133. The summed E-state index contributed by atoms with van der Waals surface area (Å²) in [6, 6.07) is 15.1. The highest BCUT2D eigenvalue weighted by atomic mass is 35.5. The van der Waals surface area contributed by atoms with Crippen molar-refractivity contribution < 1.29 is 9.21 Å². The van der Waals surface area contributed by atoms with Gasteiger partial charge in [-0.15, -0.1) is 10.2 Å². The Hall–Kier alpha value is -3.39. The predicted molar refractivity (Wildman–Crippen MR) is 129 cm³/mol. The SMILES string of the molecule is CCCn1c(=O)n(CCC(=O)N(Cc2nnc(-c3ccc(Cl)cc3)o2)C2CC2)c2ccccc21. The third kappa shape index (κ3) is 4.50. The molecule has 1 saturated carbocycles. The number of fused-ring (bicyclic) bond motifs is 1. The van der Waals surface area contributed by atoms with E-state index in [-0.39, 0.29) is 30.6 Å². The molecule has 0 atom stereocenters. The largest absolute Gasteiger partial charge is 0.419 e. The van der Waals surface area contributed by atoms with Crippen molar-refractivity contribution in [2.45, 2.75) is 58.3 Å². The van der Waals surface area contributed by atoms with Gasteiger partial charge in [0.15, 0.2) is 0 Å². The summed E-state index contributed by atoms with van der Waals surface area (Å²) in [6.07, 6.45) is 3.01. The highest BCUT2D eigenvalue weighted by Gasteiger charge is 2.33. The Morgan fingerprint density at radius 3 is 2.38 bits per heavy atom. The summed E-state index contributed by atoms with van der Waals surface area (Å²) in [7, 11) is 0. The molecule has 2 heterocycles. The van der Waals surface area contributed by atoms with Crippen molar-refractivity contribution >= 4 is 28.5 Å². The molecule has 0 unspecified atom stereocenters. The van der Waals surface area contributed by atoms with Crippen LogP contribution in [0.3, 0.4) is 0 Å². The molecule has 2 aromatic heterocycles. The number of carbonyl (C=O) groups is 1. The third-order valence-corrected chi connectivity index (χ3v) is 6.35. The molecule has 0 spiro atoms. The Balaban J connectivity index is 1.31. The van der Waals surface area contributed by atoms with Gasteiger partial charge in [0, 0.05) is 36.1 Å². The number of aryl methyl sites for hydroxylation is 2. The van der Waals surface area contributed by atoms with E-state index in [0.717, 1.165) is 35.9 Å². The van der Waals surface area contributed by atoms with E-state index in [1.165, 1.54) is 0 Å². The van der Waals surface area contributed by atoms with Gasteiger partial charge in [-0.05, 0) is 55.7 Å². The molecule has 1 amide bonds. The van der Waals surface area contributed by atoms with Crippen LogP contribution >= 0.6 is 11.6 Å². The first-order valence-electron chi connectivity index (χ1n) is 11.6. The first kappa shape index (κ1) is 22.4. The highest BCUT2D eigenvalue weighted by Crippen LogP contribution is 2.29. The minimum atomic E-state index is -0.0710. The second-order valence-corrected chi connectivity index (χ2v) is 9.02. The van der Waals surface area contributed by atoms with Crippen LogP contribution in [0.5, 0.6) is 0 Å². The average molecular weight is 480 g/mol. The lowest BCUT2D eigenvalue weighted by atomic mass is 10.2. The molecular weight excluding hydrogens is 454 g/mol. The molecule has 1 aliphatic rings. The first-order valence-corrected chi connectivity index (χ1v) is 12.0. The summed E-state index contributed by atoms with van der Waals surface area (Å²) < 4.78 is 9.31. The minimum Gasteiger partial charge on any atom is -0.419 e. The summed E-state index contributed by atoms with van der Waals surface area (Å²) in [6.45, 7) is 3.29. The van der Waals surface area contributed by atoms with Crippen molar-refractivity contribution in [1.29, 1.82) is 0 Å². The van der Waals surface area contributed by atoms with Gasteiger partial charge in [-0.3, -0.25) is 13.9 Å². The van der Waals surface area contributed by atoms with Gasteiger partial charge in [0.2, 0.25) is 17.7 Å². The molecular formula is C25H26ClN5O3. The monoisotopic (exact) mass is 479 g/mol. The number of carbonyl (C=O) groups excluding carboxylic acids is 1. The maximum absolute atomic E-state index is 13.2. The predicted octanol–water partition coefficient (Wildman–Crippen LogP) is 4.50. The number of rotatable bonds is 9. The number of halogens is 1. The standard InChI is InChI=1S/C25H26ClN5O3/c1-2-14-29-20-5-3-4-6-21(20)30(25(29)33)15-13-23(32)31(19-11-12-19)16-22-27-28-24(34-22)17-7-9-18(26)10-8-17/h3-10,19H,2,11-16H2,1H3. The van der Waals surface area contributed by atoms with Crippen LogP contribution in [0.4, 0.5) is 0 Å². The fraction of sp³-hybridized carbons (Fsp3) is 0.360. The second kappa shape index (κ2) is 9.46. The van der Waals surface area contributed by atoms with E-state index in [1.807, 2.05) is 43.3 Å². The quantitative estimate of drug-likeness (QED) is 0.353. The summed E-state index contributed by atoms with van der Waals surface area (Å²) in [4.78, 5) is 28.0. The van der Waals surface area contributed by atoms with Crippen LogP contribution in [-0.2, 0) is 24.4 Å². The van der Waals surface area contributed by atoms with Gasteiger partial charge in [-0.2, -0.15) is 0 Å². The molecule has 0 radical (unpaired) electrons. The lowest BCUT2D eigenvalue weighted by Crippen LogP contribution is -2.34. The van der Waals surface area contributed by atoms with Gasteiger partial charge in [0.05, 0.1) is 17.6 Å². The maximum atomic E-state index is 13.2. The van der Waals surface area contributed by atoms with Gasteiger partial charge in [-0.25, -0.2) is 4.79 Å². The highest BCUT2D eigenvalue weighted by molar-refractivity contribution is 6.30. The van der Waals surface area contributed by atoms with Crippen molar-refractivity contribution in [1.82, 2.24) is 24.2 Å². The van der Waals surface area contributed by atoms with Crippen LogP contribution in [0.15, 0.2) is 57.7 Å².